The van der Waals surface area contributed by atoms with Crippen LogP contribution in [0.4, 0.5) is 0 Å². The molecular formula is C12H19N. The normalized spacial score (nSPS) is 11.2. The molecule has 13 heavy (non-hydrogen) atoms. The highest BCUT2D eigenvalue weighted by Gasteiger charge is 2.02. The van der Waals surface area contributed by atoms with E-state index in [0.29, 0.717) is 11.8 Å². The van der Waals surface area contributed by atoms with Crippen LogP contribution in [0.1, 0.15) is 44.9 Å². The number of nitrogens with zero attached hydrogens (tertiary/aromatic N) is 1. The van der Waals surface area contributed by atoms with Crippen LogP contribution in [0.3, 0.4) is 0 Å². The van der Waals surface area contributed by atoms with Crippen LogP contribution in [0.15, 0.2) is 18.3 Å². The lowest BCUT2D eigenvalue weighted by molar-refractivity contribution is 0.633. The molecule has 1 heterocycles. The fourth-order valence-corrected chi connectivity index (χ4v) is 1.39. The molecule has 0 spiro atoms. The Morgan fingerprint density at radius 1 is 1.23 bits per heavy atom. The Morgan fingerprint density at radius 2 is 1.92 bits per heavy atom. The Kier molecular flexibility index (Phi) is 3.47. The van der Waals surface area contributed by atoms with Crippen molar-refractivity contribution in [3.8, 4) is 0 Å². The van der Waals surface area contributed by atoms with Gasteiger partial charge in [0.2, 0.25) is 0 Å². The molecule has 0 aliphatic rings. The topological polar surface area (TPSA) is 12.9 Å². The Bertz CT molecular complexity index is 264. The quantitative estimate of drug-likeness (QED) is 0.689. The fraction of sp³-hybridized carbons (Fsp3) is 0.583. The van der Waals surface area contributed by atoms with Gasteiger partial charge in [0.25, 0.3) is 0 Å². The summed E-state index contributed by atoms with van der Waals surface area (Å²) in [5.41, 5.74) is 2.62. The average molecular weight is 177 g/mol. The van der Waals surface area contributed by atoms with Gasteiger partial charge in [-0.3, -0.25) is 4.98 Å². The van der Waals surface area contributed by atoms with Gasteiger partial charge in [0.15, 0.2) is 0 Å². The highest BCUT2D eigenvalue weighted by atomic mass is 14.7. The summed E-state index contributed by atoms with van der Waals surface area (Å²) >= 11 is 0. The lowest BCUT2D eigenvalue weighted by atomic mass is 10.0. The van der Waals surface area contributed by atoms with Crippen molar-refractivity contribution in [2.45, 2.75) is 40.0 Å². The SMILES string of the molecule is CC(C)Cc1cc(C(C)C)ccn1. The monoisotopic (exact) mass is 177 g/mol. The number of rotatable bonds is 3. The molecule has 0 aromatic carbocycles. The van der Waals surface area contributed by atoms with Crippen LogP contribution < -0.4 is 0 Å². The van der Waals surface area contributed by atoms with E-state index in [1.54, 1.807) is 0 Å². The molecule has 0 aliphatic heterocycles. The van der Waals surface area contributed by atoms with E-state index in [1.807, 2.05) is 6.20 Å². The second-order valence-electron chi connectivity index (χ2n) is 4.33. The maximum absolute atomic E-state index is 4.36. The summed E-state index contributed by atoms with van der Waals surface area (Å²) in [7, 11) is 0. The van der Waals surface area contributed by atoms with Crippen molar-refractivity contribution < 1.29 is 0 Å². The first-order chi connectivity index (χ1) is 6.09. The summed E-state index contributed by atoms with van der Waals surface area (Å²) in [6, 6.07) is 4.33. The number of aromatic nitrogens is 1. The first kappa shape index (κ1) is 10.2. The number of hydrogen-bond donors (Lipinski definition) is 0. The van der Waals surface area contributed by atoms with E-state index in [4.69, 9.17) is 0 Å². The maximum atomic E-state index is 4.36. The Morgan fingerprint density at radius 3 is 2.46 bits per heavy atom. The maximum Gasteiger partial charge on any atom is 0.0409 e. The van der Waals surface area contributed by atoms with E-state index in [9.17, 15) is 0 Å². The third kappa shape index (κ3) is 3.17. The molecule has 1 heteroatoms. The van der Waals surface area contributed by atoms with Crippen molar-refractivity contribution in [3.63, 3.8) is 0 Å². The van der Waals surface area contributed by atoms with Gasteiger partial charge in [0, 0.05) is 11.9 Å². The molecule has 1 rings (SSSR count). The molecule has 0 saturated heterocycles. The summed E-state index contributed by atoms with van der Waals surface area (Å²) in [6.07, 6.45) is 3.01. The highest BCUT2D eigenvalue weighted by Crippen LogP contribution is 2.15. The van der Waals surface area contributed by atoms with Gasteiger partial charge < -0.3 is 0 Å². The van der Waals surface area contributed by atoms with Crippen molar-refractivity contribution >= 4 is 0 Å². The van der Waals surface area contributed by atoms with E-state index in [2.05, 4.69) is 44.8 Å². The molecule has 0 fully saturated rings. The van der Waals surface area contributed by atoms with Gasteiger partial charge in [0.1, 0.15) is 0 Å². The number of pyridine rings is 1. The van der Waals surface area contributed by atoms with E-state index >= 15 is 0 Å². The fourth-order valence-electron chi connectivity index (χ4n) is 1.39. The third-order valence-electron chi connectivity index (χ3n) is 2.12. The largest absolute Gasteiger partial charge is 0.261 e. The van der Waals surface area contributed by atoms with Crippen LogP contribution >= 0.6 is 0 Å². The predicted octanol–water partition coefficient (Wildman–Crippen LogP) is 3.40. The second-order valence-corrected chi connectivity index (χ2v) is 4.33. The van der Waals surface area contributed by atoms with Crippen molar-refractivity contribution in [2.75, 3.05) is 0 Å². The molecule has 0 amide bonds. The lowest BCUT2D eigenvalue weighted by Crippen LogP contribution is -1.98. The summed E-state index contributed by atoms with van der Waals surface area (Å²) in [4.78, 5) is 4.36. The molecule has 0 unspecified atom stereocenters. The third-order valence-corrected chi connectivity index (χ3v) is 2.12. The summed E-state index contributed by atoms with van der Waals surface area (Å²) in [5.74, 6) is 1.30. The minimum atomic E-state index is 0.605. The van der Waals surface area contributed by atoms with Gasteiger partial charge in [-0.15, -0.1) is 0 Å². The predicted molar refractivity (Wildman–Crippen MR) is 56.9 cm³/mol. The van der Waals surface area contributed by atoms with Crippen LogP contribution in [-0.2, 0) is 6.42 Å². The highest BCUT2D eigenvalue weighted by molar-refractivity contribution is 5.19. The Balaban J connectivity index is 2.79. The van der Waals surface area contributed by atoms with E-state index in [-0.39, 0.29) is 0 Å². The minimum absolute atomic E-state index is 0.605. The van der Waals surface area contributed by atoms with Crippen molar-refractivity contribution in [1.82, 2.24) is 4.98 Å². The Hall–Kier alpha value is -0.850. The summed E-state index contributed by atoms with van der Waals surface area (Å²) in [5, 5.41) is 0. The molecule has 1 aromatic rings. The molecule has 72 valence electrons. The zero-order chi connectivity index (χ0) is 9.84. The molecule has 0 bridgehead atoms. The zero-order valence-electron chi connectivity index (χ0n) is 9.04. The average Bonchev–Trinajstić information content (AvgIpc) is 2.03. The van der Waals surface area contributed by atoms with Gasteiger partial charge in [-0.2, -0.15) is 0 Å². The van der Waals surface area contributed by atoms with Crippen LogP contribution in [0.25, 0.3) is 0 Å². The summed E-state index contributed by atoms with van der Waals surface area (Å²) in [6.45, 7) is 8.89. The lowest BCUT2D eigenvalue weighted by Gasteiger charge is -2.08. The van der Waals surface area contributed by atoms with Gasteiger partial charge in [0.05, 0.1) is 0 Å². The van der Waals surface area contributed by atoms with Crippen LogP contribution in [-0.4, -0.2) is 4.98 Å². The van der Waals surface area contributed by atoms with Crippen LogP contribution in [0, 0.1) is 5.92 Å². The molecule has 1 aromatic heterocycles. The standard InChI is InChI=1S/C12H19N/c1-9(2)7-12-8-11(10(3)4)5-6-13-12/h5-6,8-10H,7H2,1-4H3. The molecule has 0 saturated carbocycles. The van der Waals surface area contributed by atoms with Crippen LogP contribution in [0.5, 0.6) is 0 Å². The number of hydrogen-bond acceptors (Lipinski definition) is 1. The Labute approximate surface area is 81.2 Å². The zero-order valence-corrected chi connectivity index (χ0v) is 9.04. The van der Waals surface area contributed by atoms with Gasteiger partial charge in [-0.05, 0) is 36.0 Å². The molecule has 0 aliphatic carbocycles. The van der Waals surface area contributed by atoms with E-state index in [1.165, 1.54) is 11.3 Å². The molecule has 0 N–H and O–H groups in total. The van der Waals surface area contributed by atoms with Crippen molar-refractivity contribution in [1.29, 1.82) is 0 Å². The minimum Gasteiger partial charge on any atom is -0.261 e. The van der Waals surface area contributed by atoms with Crippen LogP contribution in [0.2, 0.25) is 0 Å². The molecule has 1 nitrogen and oxygen atoms in total. The first-order valence-electron chi connectivity index (χ1n) is 5.04. The smallest absolute Gasteiger partial charge is 0.0409 e. The van der Waals surface area contributed by atoms with Gasteiger partial charge in [-0.1, -0.05) is 27.7 Å². The molecule has 0 atom stereocenters. The van der Waals surface area contributed by atoms with E-state index in [0.717, 1.165) is 6.42 Å². The molecular weight excluding hydrogens is 158 g/mol. The van der Waals surface area contributed by atoms with E-state index < -0.39 is 0 Å². The first-order valence-corrected chi connectivity index (χ1v) is 5.04. The second kappa shape index (κ2) is 4.40. The van der Waals surface area contributed by atoms with Crippen molar-refractivity contribution in [3.05, 3.63) is 29.6 Å². The van der Waals surface area contributed by atoms with Gasteiger partial charge in [-0.25, -0.2) is 0 Å². The van der Waals surface area contributed by atoms with Gasteiger partial charge >= 0.3 is 0 Å². The summed E-state index contributed by atoms with van der Waals surface area (Å²) < 4.78 is 0. The van der Waals surface area contributed by atoms with Crippen molar-refractivity contribution in [2.24, 2.45) is 5.92 Å². The molecule has 0 radical (unpaired) electrons.